The van der Waals surface area contributed by atoms with Gasteiger partial charge in [0.2, 0.25) is 0 Å². The number of hydrogen-bond acceptors (Lipinski definition) is 2. The Morgan fingerprint density at radius 2 is 2.00 bits per heavy atom. The summed E-state index contributed by atoms with van der Waals surface area (Å²) in [5.41, 5.74) is 0. The zero-order valence-corrected chi connectivity index (χ0v) is 7.63. The van der Waals surface area contributed by atoms with Crippen molar-refractivity contribution < 1.29 is 9.90 Å². The quantitative estimate of drug-likeness (QED) is 0.662. The first-order valence-corrected chi connectivity index (χ1v) is 4.26. The first-order chi connectivity index (χ1) is 5.06. The molecule has 1 unspecified atom stereocenters. The number of carbonyl (C=O) groups is 1. The van der Waals surface area contributed by atoms with Gasteiger partial charge in [0.1, 0.15) is 5.78 Å². The average molecular weight is 158 g/mol. The van der Waals surface area contributed by atoms with Crippen molar-refractivity contribution >= 4 is 5.78 Å². The highest BCUT2D eigenvalue weighted by Crippen LogP contribution is 2.08. The lowest BCUT2D eigenvalue weighted by Crippen LogP contribution is -2.14. The first-order valence-electron chi connectivity index (χ1n) is 4.26. The van der Waals surface area contributed by atoms with Crippen LogP contribution in [0.1, 0.15) is 40.0 Å². The molecule has 0 fully saturated rings. The summed E-state index contributed by atoms with van der Waals surface area (Å²) in [6.45, 7) is 5.91. The second kappa shape index (κ2) is 5.30. The molecule has 1 N–H and O–H groups in total. The Bertz CT molecular complexity index is 119. The van der Waals surface area contributed by atoms with Gasteiger partial charge < -0.3 is 5.11 Å². The molecule has 0 heterocycles. The normalized spacial score (nSPS) is 13.5. The Labute approximate surface area is 68.6 Å². The molecule has 0 aromatic carbocycles. The molecule has 2 heteroatoms. The van der Waals surface area contributed by atoms with E-state index in [-0.39, 0.29) is 5.78 Å². The fourth-order valence-electron chi connectivity index (χ4n) is 1.03. The molecule has 1 atom stereocenters. The van der Waals surface area contributed by atoms with Gasteiger partial charge in [0.15, 0.2) is 0 Å². The Kier molecular flexibility index (Phi) is 5.12. The van der Waals surface area contributed by atoms with Crippen molar-refractivity contribution in [2.75, 3.05) is 0 Å². The third-order valence-electron chi connectivity index (χ3n) is 1.60. The molecule has 0 aliphatic rings. The number of hydrogen-bond donors (Lipinski definition) is 1. The van der Waals surface area contributed by atoms with Crippen molar-refractivity contribution in [2.24, 2.45) is 5.92 Å². The number of aliphatic hydroxyl groups excluding tert-OH is 1. The van der Waals surface area contributed by atoms with Crippen molar-refractivity contribution in [3.8, 4) is 0 Å². The maximum atomic E-state index is 10.8. The van der Waals surface area contributed by atoms with Gasteiger partial charge in [-0.15, -0.1) is 0 Å². The van der Waals surface area contributed by atoms with Crippen LogP contribution in [0.2, 0.25) is 0 Å². The fraction of sp³-hybridized carbons (Fsp3) is 0.889. The van der Waals surface area contributed by atoms with Gasteiger partial charge in [-0.1, -0.05) is 20.8 Å². The van der Waals surface area contributed by atoms with Crippen molar-refractivity contribution in [1.29, 1.82) is 0 Å². The van der Waals surface area contributed by atoms with Crippen molar-refractivity contribution in [2.45, 2.75) is 46.1 Å². The van der Waals surface area contributed by atoms with Crippen LogP contribution < -0.4 is 0 Å². The smallest absolute Gasteiger partial charge is 0.135 e. The third kappa shape index (κ3) is 6.05. The van der Waals surface area contributed by atoms with E-state index in [9.17, 15) is 9.90 Å². The molecule has 11 heavy (non-hydrogen) atoms. The number of carbonyl (C=O) groups excluding carboxylic acids is 1. The van der Waals surface area contributed by atoms with Crippen molar-refractivity contribution in [3.05, 3.63) is 0 Å². The predicted molar refractivity (Wildman–Crippen MR) is 45.4 cm³/mol. The van der Waals surface area contributed by atoms with Crippen LogP contribution in [0, 0.1) is 5.92 Å². The van der Waals surface area contributed by atoms with Gasteiger partial charge in [-0.3, -0.25) is 4.79 Å². The highest BCUT2D eigenvalue weighted by Gasteiger charge is 2.10. The lowest BCUT2D eigenvalue weighted by atomic mass is 10.0. The van der Waals surface area contributed by atoms with Gasteiger partial charge in [-0.25, -0.2) is 0 Å². The first kappa shape index (κ1) is 10.6. The molecule has 0 aliphatic carbocycles. The van der Waals surface area contributed by atoms with Crippen LogP contribution in [0.15, 0.2) is 0 Å². The highest BCUT2D eigenvalue weighted by molar-refractivity contribution is 5.78. The molecule has 0 aromatic rings. The van der Waals surface area contributed by atoms with E-state index in [1.165, 1.54) is 0 Å². The zero-order chi connectivity index (χ0) is 8.85. The van der Waals surface area contributed by atoms with E-state index in [1.807, 2.05) is 20.8 Å². The summed E-state index contributed by atoms with van der Waals surface area (Å²) < 4.78 is 0. The summed E-state index contributed by atoms with van der Waals surface area (Å²) in [6.07, 6.45) is 1.16. The second-order valence-corrected chi connectivity index (χ2v) is 3.38. The number of ketones is 1. The Hall–Kier alpha value is -0.370. The van der Waals surface area contributed by atoms with E-state index < -0.39 is 6.10 Å². The van der Waals surface area contributed by atoms with Crippen LogP contribution in [0.4, 0.5) is 0 Å². The SMILES string of the molecule is CCC(=O)CC(O)CC(C)C. The Balaban J connectivity index is 3.51. The maximum absolute atomic E-state index is 10.8. The summed E-state index contributed by atoms with van der Waals surface area (Å²) in [5, 5.41) is 9.30. The van der Waals surface area contributed by atoms with Crippen molar-refractivity contribution in [3.63, 3.8) is 0 Å². The van der Waals surface area contributed by atoms with Crippen LogP contribution in [0.3, 0.4) is 0 Å². The molecule has 66 valence electrons. The zero-order valence-electron chi connectivity index (χ0n) is 7.63. The number of Topliss-reactive ketones (excluding diaryl/α,β-unsaturated/α-hetero) is 1. The lowest BCUT2D eigenvalue weighted by Gasteiger charge is -2.10. The molecule has 0 aliphatic heterocycles. The topological polar surface area (TPSA) is 37.3 Å². The summed E-state index contributed by atoms with van der Waals surface area (Å²) in [5.74, 6) is 0.618. The van der Waals surface area contributed by atoms with Gasteiger partial charge in [-0.2, -0.15) is 0 Å². The van der Waals surface area contributed by atoms with E-state index in [2.05, 4.69) is 0 Å². The maximum Gasteiger partial charge on any atom is 0.135 e. The molecule has 0 saturated heterocycles. The van der Waals surface area contributed by atoms with Gasteiger partial charge in [-0.05, 0) is 12.3 Å². The second-order valence-electron chi connectivity index (χ2n) is 3.38. The molecule has 2 nitrogen and oxygen atoms in total. The molecule has 0 aromatic heterocycles. The Morgan fingerprint density at radius 1 is 1.45 bits per heavy atom. The molecule has 0 bridgehead atoms. The fourth-order valence-corrected chi connectivity index (χ4v) is 1.03. The van der Waals surface area contributed by atoms with E-state index in [4.69, 9.17) is 0 Å². The largest absolute Gasteiger partial charge is 0.393 e. The molecular formula is C9H18O2. The minimum atomic E-state index is -0.428. The van der Waals surface area contributed by atoms with Crippen LogP contribution in [0.25, 0.3) is 0 Å². The average Bonchev–Trinajstić information content (AvgIpc) is 1.85. The molecule has 0 radical (unpaired) electrons. The number of aliphatic hydroxyl groups is 1. The highest BCUT2D eigenvalue weighted by atomic mass is 16.3. The summed E-state index contributed by atoms with van der Waals surface area (Å²) >= 11 is 0. The minimum Gasteiger partial charge on any atom is -0.393 e. The molecule has 0 saturated carbocycles. The number of rotatable bonds is 5. The van der Waals surface area contributed by atoms with E-state index in [0.29, 0.717) is 18.8 Å². The molecule has 0 spiro atoms. The minimum absolute atomic E-state index is 0.151. The van der Waals surface area contributed by atoms with E-state index in [0.717, 1.165) is 6.42 Å². The van der Waals surface area contributed by atoms with Crippen LogP contribution in [-0.4, -0.2) is 17.0 Å². The van der Waals surface area contributed by atoms with Gasteiger partial charge in [0, 0.05) is 12.8 Å². The van der Waals surface area contributed by atoms with Gasteiger partial charge in [0.05, 0.1) is 6.10 Å². The lowest BCUT2D eigenvalue weighted by molar-refractivity contribution is -0.120. The Morgan fingerprint density at radius 3 is 2.36 bits per heavy atom. The summed E-state index contributed by atoms with van der Waals surface area (Å²) in [4.78, 5) is 10.8. The molecular weight excluding hydrogens is 140 g/mol. The molecule has 0 rings (SSSR count). The van der Waals surface area contributed by atoms with E-state index in [1.54, 1.807) is 0 Å². The monoisotopic (exact) mass is 158 g/mol. The van der Waals surface area contributed by atoms with Gasteiger partial charge >= 0.3 is 0 Å². The van der Waals surface area contributed by atoms with E-state index >= 15 is 0 Å². The van der Waals surface area contributed by atoms with Gasteiger partial charge in [0.25, 0.3) is 0 Å². The van der Waals surface area contributed by atoms with Crippen LogP contribution in [-0.2, 0) is 4.79 Å². The standard InChI is InChI=1S/C9H18O2/c1-4-8(10)6-9(11)5-7(2)3/h7,9,11H,4-6H2,1-3H3. The van der Waals surface area contributed by atoms with Crippen LogP contribution in [0.5, 0.6) is 0 Å². The summed E-state index contributed by atoms with van der Waals surface area (Å²) in [7, 11) is 0. The molecule has 0 amide bonds. The third-order valence-corrected chi connectivity index (χ3v) is 1.60. The summed E-state index contributed by atoms with van der Waals surface area (Å²) in [6, 6.07) is 0. The van der Waals surface area contributed by atoms with Crippen molar-refractivity contribution in [1.82, 2.24) is 0 Å². The van der Waals surface area contributed by atoms with Crippen LogP contribution >= 0.6 is 0 Å². The predicted octanol–water partition coefficient (Wildman–Crippen LogP) is 1.76.